The maximum Gasteiger partial charge on any atom is 0.247 e. The second-order valence-electron chi connectivity index (χ2n) is 11.1. The lowest BCUT2D eigenvalue weighted by Crippen LogP contribution is -2.58. The van der Waals surface area contributed by atoms with Gasteiger partial charge in [-0.3, -0.25) is 14.4 Å². The maximum absolute atomic E-state index is 14.5. The van der Waals surface area contributed by atoms with Crippen LogP contribution in [0, 0.1) is 11.8 Å². The Morgan fingerprint density at radius 3 is 2.44 bits per heavy atom. The molecule has 9 heteroatoms. The lowest BCUT2D eigenvalue weighted by atomic mass is 9.70. The first-order valence-corrected chi connectivity index (χ1v) is 15.8. The largest absolute Gasteiger partial charge is 0.395 e. The van der Waals surface area contributed by atoms with Gasteiger partial charge in [0.25, 0.3) is 0 Å². The van der Waals surface area contributed by atoms with Gasteiger partial charge >= 0.3 is 0 Å². The van der Waals surface area contributed by atoms with Crippen LogP contribution in [0.3, 0.4) is 0 Å². The Morgan fingerprint density at radius 2 is 1.79 bits per heavy atom. The smallest absolute Gasteiger partial charge is 0.247 e. The van der Waals surface area contributed by atoms with Gasteiger partial charge in [0.05, 0.1) is 23.2 Å². The number of carbonyl (C=O) groups is 3. The van der Waals surface area contributed by atoms with Crippen molar-refractivity contribution in [2.24, 2.45) is 11.8 Å². The summed E-state index contributed by atoms with van der Waals surface area (Å²) in [6.07, 6.45) is 9.32. The highest BCUT2D eigenvalue weighted by Crippen LogP contribution is 2.68. The van der Waals surface area contributed by atoms with E-state index in [0.717, 1.165) is 31.4 Å². The van der Waals surface area contributed by atoms with E-state index in [2.05, 4.69) is 29.1 Å². The molecule has 3 unspecified atom stereocenters. The number of rotatable bonds is 10. The summed E-state index contributed by atoms with van der Waals surface area (Å²) < 4.78 is -0.729. The molecule has 2 bridgehead atoms. The normalized spacial score (nSPS) is 31.7. The minimum absolute atomic E-state index is 0.00577. The zero-order valence-corrected chi connectivity index (χ0v) is 24.7. The Labute approximate surface area is 243 Å². The number of hydrogen-bond donors (Lipinski definition) is 1. The number of aliphatic hydroxyl groups is 1. The van der Waals surface area contributed by atoms with Gasteiger partial charge in [-0.1, -0.05) is 65.5 Å². The quantitative estimate of drug-likeness (QED) is 0.318. The highest BCUT2D eigenvalue weighted by molar-refractivity contribution is 9.09. The van der Waals surface area contributed by atoms with Gasteiger partial charge in [0, 0.05) is 41.4 Å². The van der Waals surface area contributed by atoms with E-state index in [1.54, 1.807) is 33.7 Å². The van der Waals surface area contributed by atoms with Gasteiger partial charge in [0.1, 0.15) is 6.04 Å². The predicted octanol–water partition coefficient (Wildman–Crippen LogP) is 4.01. The lowest BCUT2D eigenvalue weighted by molar-refractivity contribution is -0.144. The highest BCUT2D eigenvalue weighted by atomic mass is 79.9. The molecule has 210 valence electrons. The van der Waals surface area contributed by atoms with Crippen molar-refractivity contribution in [3.8, 4) is 0 Å². The van der Waals surface area contributed by atoms with Crippen molar-refractivity contribution in [1.82, 2.24) is 9.80 Å². The Balaban J connectivity index is 1.54. The zero-order valence-electron chi connectivity index (χ0n) is 22.3. The average molecular weight is 617 g/mol. The molecule has 3 heterocycles. The molecule has 3 aliphatic heterocycles. The molecule has 1 aromatic rings. The molecule has 3 amide bonds. The number of anilines is 1. The van der Waals surface area contributed by atoms with Crippen LogP contribution in [0.5, 0.6) is 0 Å². The van der Waals surface area contributed by atoms with Gasteiger partial charge in [0.2, 0.25) is 17.7 Å². The first-order chi connectivity index (χ1) is 18.9. The van der Waals surface area contributed by atoms with Gasteiger partial charge in [-0.25, -0.2) is 0 Å². The molecule has 0 radical (unpaired) electrons. The number of nitrogens with zero attached hydrogens (tertiary/aromatic N) is 3. The summed E-state index contributed by atoms with van der Waals surface area (Å²) in [4.78, 5) is 48.2. The lowest BCUT2D eigenvalue weighted by Gasteiger charge is -2.41. The molecule has 3 saturated heterocycles. The summed E-state index contributed by atoms with van der Waals surface area (Å²) >= 11 is 5.49. The molecule has 1 aliphatic carbocycles. The van der Waals surface area contributed by atoms with E-state index >= 15 is 0 Å². The van der Waals surface area contributed by atoms with Gasteiger partial charge in [-0.05, 0) is 31.4 Å². The van der Waals surface area contributed by atoms with Crippen LogP contribution >= 0.6 is 27.7 Å². The van der Waals surface area contributed by atoms with E-state index in [-0.39, 0.29) is 47.0 Å². The maximum atomic E-state index is 14.5. The fourth-order valence-electron chi connectivity index (χ4n) is 7.39. The second-order valence-corrected chi connectivity index (χ2v) is 13.8. The van der Waals surface area contributed by atoms with Crippen LogP contribution < -0.4 is 4.90 Å². The summed E-state index contributed by atoms with van der Waals surface area (Å²) in [5, 5.41) is 9.83. The monoisotopic (exact) mass is 615 g/mol. The number of para-hydroxylation sites is 1. The van der Waals surface area contributed by atoms with E-state index in [9.17, 15) is 19.5 Å². The van der Waals surface area contributed by atoms with Crippen molar-refractivity contribution in [2.75, 3.05) is 31.1 Å². The number of aliphatic hydroxyl groups excluding tert-OH is 1. The number of thioether (sulfide) groups is 1. The fraction of sp³-hybridized carbons (Fsp3) is 0.567. The van der Waals surface area contributed by atoms with E-state index in [1.807, 2.05) is 35.2 Å². The van der Waals surface area contributed by atoms with Crippen LogP contribution in [-0.2, 0) is 14.4 Å². The van der Waals surface area contributed by atoms with Crippen molar-refractivity contribution in [3.05, 3.63) is 55.6 Å². The van der Waals surface area contributed by atoms with Crippen molar-refractivity contribution in [3.63, 3.8) is 0 Å². The summed E-state index contributed by atoms with van der Waals surface area (Å²) in [6.45, 7) is 8.37. The number of alkyl halides is 1. The third-order valence-electron chi connectivity index (χ3n) is 8.92. The molecular formula is C30H38BrN3O4S. The van der Waals surface area contributed by atoms with Gasteiger partial charge in [-0.15, -0.1) is 24.9 Å². The van der Waals surface area contributed by atoms with Crippen molar-refractivity contribution >= 4 is 51.1 Å². The van der Waals surface area contributed by atoms with E-state index < -0.39 is 22.6 Å². The second kappa shape index (κ2) is 11.8. The van der Waals surface area contributed by atoms with E-state index in [0.29, 0.717) is 19.5 Å². The minimum atomic E-state index is -0.729. The standard InChI is InChI=1S/C30H38BrN3O4S/c1-3-15-32(20-11-7-5-8-12-20)27(36)23-24-28(37)34(17-18-35)26(30(24)19-22(31)25(23)39-30)29(38)33(16-4-2)21-13-9-6-10-14-21/h3-5,7-8,11-12,21-26,35H,1-2,6,9-10,13-19H2/t22?,23-,24-,25-,26?,30?/m0/s1. The number of fused-ring (bicyclic) bond motifs is 1. The molecule has 1 N–H and O–H groups in total. The first-order valence-electron chi connectivity index (χ1n) is 14.0. The number of likely N-dealkylation sites (tertiary alicyclic amines) is 1. The number of amides is 3. The van der Waals surface area contributed by atoms with E-state index in [4.69, 9.17) is 0 Å². The molecule has 1 spiro atoms. The molecule has 39 heavy (non-hydrogen) atoms. The Morgan fingerprint density at radius 1 is 1.10 bits per heavy atom. The highest BCUT2D eigenvalue weighted by Gasteiger charge is 2.76. The molecule has 7 nitrogen and oxygen atoms in total. The Hall–Kier alpha value is -2.10. The van der Waals surface area contributed by atoms with Gasteiger partial charge < -0.3 is 19.8 Å². The molecule has 1 saturated carbocycles. The predicted molar refractivity (Wildman–Crippen MR) is 159 cm³/mol. The third kappa shape index (κ3) is 4.78. The van der Waals surface area contributed by atoms with Gasteiger partial charge in [-0.2, -0.15) is 0 Å². The van der Waals surface area contributed by atoms with Crippen LogP contribution in [-0.4, -0.2) is 85.8 Å². The van der Waals surface area contributed by atoms with Crippen LogP contribution in [0.1, 0.15) is 38.5 Å². The van der Waals surface area contributed by atoms with Crippen LogP contribution in [0.15, 0.2) is 55.6 Å². The molecule has 0 aromatic heterocycles. The first kappa shape index (κ1) is 28.4. The topological polar surface area (TPSA) is 81.2 Å². The molecule has 6 atom stereocenters. The average Bonchev–Trinajstić information content (AvgIpc) is 3.54. The Kier molecular flexibility index (Phi) is 8.59. The fourth-order valence-corrected chi connectivity index (χ4v) is 11.0. The summed E-state index contributed by atoms with van der Waals surface area (Å²) in [5.41, 5.74) is 0.759. The van der Waals surface area contributed by atoms with Crippen molar-refractivity contribution < 1.29 is 19.5 Å². The van der Waals surface area contributed by atoms with Crippen LogP contribution in [0.2, 0.25) is 0 Å². The number of β-amino-alcohol motifs (C(OH)–C–C–N with tert-alkyl or cyclic N) is 1. The number of hydrogen-bond acceptors (Lipinski definition) is 5. The molecule has 4 fully saturated rings. The molecule has 5 rings (SSSR count). The van der Waals surface area contributed by atoms with Gasteiger partial charge in [0.15, 0.2) is 0 Å². The summed E-state index contributed by atoms with van der Waals surface area (Å²) in [6, 6.07) is 8.86. The van der Waals surface area contributed by atoms with Crippen LogP contribution in [0.4, 0.5) is 5.69 Å². The zero-order chi connectivity index (χ0) is 27.7. The number of carbonyl (C=O) groups excluding carboxylic acids is 3. The Bertz CT molecular complexity index is 1110. The SMILES string of the molecule is C=CCN(C(=O)[C@H]1[C@H]2C(=O)N(CCO)C(C(=O)N(CC=C)C3CCCCC3)C23CC(Br)[C@@H]1S3)c1ccccc1. The number of benzene rings is 1. The van der Waals surface area contributed by atoms with Crippen molar-refractivity contribution in [1.29, 1.82) is 0 Å². The summed E-state index contributed by atoms with van der Waals surface area (Å²) in [7, 11) is 0. The minimum Gasteiger partial charge on any atom is -0.395 e. The number of halogens is 1. The third-order valence-corrected chi connectivity index (χ3v) is 12.1. The van der Waals surface area contributed by atoms with Crippen LogP contribution in [0.25, 0.3) is 0 Å². The van der Waals surface area contributed by atoms with Crippen molar-refractivity contribution in [2.45, 2.75) is 65.4 Å². The molecular weight excluding hydrogens is 578 g/mol. The molecule has 1 aromatic carbocycles. The molecule has 4 aliphatic rings. The summed E-state index contributed by atoms with van der Waals surface area (Å²) in [5.74, 6) is -1.58. The van der Waals surface area contributed by atoms with E-state index in [1.165, 1.54) is 6.42 Å².